The predicted molar refractivity (Wildman–Crippen MR) is 98.5 cm³/mol. The maximum absolute atomic E-state index is 12.0. The molecule has 0 saturated carbocycles. The van der Waals surface area contributed by atoms with Crippen LogP contribution < -0.4 is 10.6 Å². The number of fused-ring (bicyclic) bond motifs is 1. The van der Waals surface area contributed by atoms with Crippen molar-refractivity contribution in [3.8, 4) is 11.3 Å². The van der Waals surface area contributed by atoms with Gasteiger partial charge in [0.1, 0.15) is 5.82 Å². The normalized spacial score (nSPS) is 14.6. The highest BCUT2D eigenvalue weighted by Crippen LogP contribution is 2.24. The molecular formula is C19H26N4O2. The number of benzene rings is 1. The molecule has 2 heterocycles. The maximum Gasteiger partial charge on any atom is 0.319 e. The number of anilines is 1. The van der Waals surface area contributed by atoms with E-state index in [1.54, 1.807) is 0 Å². The van der Waals surface area contributed by atoms with Gasteiger partial charge in [-0.25, -0.2) is 9.78 Å². The van der Waals surface area contributed by atoms with Crippen LogP contribution in [0.15, 0.2) is 30.5 Å². The molecule has 1 aromatic carbocycles. The summed E-state index contributed by atoms with van der Waals surface area (Å²) in [6, 6.07) is 7.53. The summed E-state index contributed by atoms with van der Waals surface area (Å²) in [4.78, 5) is 16.8. The highest BCUT2D eigenvalue weighted by molar-refractivity contribution is 5.90. The number of amides is 2. The Morgan fingerprint density at radius 3 is 3.08 bits per heavy atom. The zero-order valence-electron chi connectivity index (χ0n) is 14.7. The standard InChI is InChI=1S/C19H26N4O2/c1-14(8-10-24)12-20-19(25)21-16-6-4-5-15(11-16)17-13-23-9-3-2-7-18(23)22-17/h4-6,11,13-14,24H,2-3,7-10,12H2,1H3,(H2,20,21,25)/t14-/m1/s1. The molecule has 0 fully saturated rings. The van der Waals surface area contributed by atoms with Crippen LogP contribution in [0.4, 0.5) is 10.5 Å². The molecular weight excluding hydrogens is 316 g/mol. The van der Waals surface area contributed by atoms with Gasteiger partial charge >= 0.3 is 6.03 Å². The highest BCUT2D eigenvalue weighted by atomic mass is 16.3. The molecule has 0 spiro atoms. The maximum atomic E-state index is 12.0. The van der Waals surface area contributed by atoms with E-state index in [9.17, 15) is 4.79 Å². The fourth-order valence-corrected chi connectivity index (χ4v) is 3.07. The van der Waals surface area contributed by atoms with Gasteiger partial charge in [-0.15, -0.1) is 0 Å². The monoisotopic (exact) mass is 342 g/mol. The Kier molecular flexibility index (Phi) is 5.71. The van der Waals surface area contributed by atoms with Crippen molar-refractivity contribution in [3.05, 3.63) is 36.3 Å². The second-order valence-electron chi connectivity index (χ2n) is 6.73. The molecule has 0 saturated heterocycles. The van der Waals surface area contributed by atoms with Gasteiger partial charge in [-0.05, 0) is 37.3 Å². The zero-order chi connectivity index (χ0) is 17.6. The van der Waals surface area contributed by atoms with E-state index >= 15 is 0 Å². The summed E-state index contributed by atoms with van der Waals surface area (Å²) in [7, 11) is 0. The topological polar surface area (TPSA) is 79.2 Å². The van der Waals surface area contributed by atoms with E-state index in [1.165, 1.54) is 12.8 Å². The molecule has 6 heteroatoms. The van der Waals surface area contributed by atoms with Crippen LogP contribution in [0.3, 0.4) is 0 Å². The van der Waals surface area contributed by atoms with Gasteiger partial charge in [0.05, 0.1) is 5.69 Å². The molecule has 3 N–H and O–H groups in total. The predicted octanol–water partition coefficient (Wildman–Crippen LogP) is 3.03. The minimum Gasteiger partial charge on any atom is -0.396 e. The number of nitrogens with one attached hydrogen (secondary N) is 2. The third-order valence-electron chi connectivity index (χ3n) is 4.56. The summed E-state index contributed by atoms with van der Waals surface area (Å²) in [5, 5.41) is 14.6. The number of carbonyl (C=O) groups excluding carboxylic acids is 1. The van der Waals surface area contributed by atoms with Gasteiger partial charge in [-0.1, -0.05) is 19.1 Å². The number of aliphatic hydroxyl groups is 1. The number of aliphatic hydroxyl groups excluding tert-OH is 1. The van der Waals surface area contributed by atoms with Crippen molar-refractivity contribution in [1.29, 1.82) is 0 Å². The Bertz CT molecular complexity index is 702. The molecule has 1 aliphatic heterocycles. The molecule has 1 aliphatic rings. The summed E-state index contributed by atoms with van der Waals surface area (Å²) in [5.41, 5.74) is 2.71. The number of hydrogen-bond donors (Lipinski definition) is 3. The van der Waals surface area contributed by atoms with Gasteiger partial charge in [-0.3, -0.25) is 0 Å². The molecule has 134 valence electrons. The van der Waals surface area contributed by atoms with Crippen molar-refractivity contribution >= 4 is 11.7 Å². The largest absolute Gasteiger partial charge is 0.396 e. The lowest BCUT2D eigenvalue weighted by Gasteiger charge is -2.12. The first-order valence-electron chi connectivity index (χ1n) is 8.98. The Labute approximate surface area is 148 Å². The lowest BCUT2D eigenvalue weighted by atomic mass is 10.1. The number of imidazole rings is 1. The lowest BCUT2D eigenvalue weighted by Crippen LogP contribution is -2.32. The molecule has 0 unspecified atom stereocenters. The third kappa shape index (κ3) is 4.60. The summed E-state index contributed by atoms with van der Waals surface area (Å²) < 4.78 is 2.23. The highest BCUT2D eigenvalue weighted by Gasteiger charge is 2.13. The second-order valence-corrected chi connectivity index (χ2v) is 6.73. The van der Waals surface area contributed by atoms with Gasteiger partial charge < -0.3 is 20.3 Å². The molecule has 2 amide bonds. The minimum absolute atomic E-state index is 0.140. The van der Waals surface area contributed by atoms with Crippen LogP contribution >= 0.6 is 0 Å². The quantitative estimate of drug-likeness (QED) is 0.755. The third-order valence-corrected chi connectivity index (χ3v) is 4.56. The Morgan fingerprint density at radius 1 is 1.40 bits per heavy atom. The van der Waals surface area contributed by atoms with Gasteiger partial charge in [0.15, 0.2) is 0 Å². The van der Waals surface area contributed by atoms with Crippen molar-refractivity contribution in [1.82, 2.24) is 14.9 Å². The molecule has 3 rings (SSSR count). The number of aromatic nitrogens is 2. The molecule has 25 heavy (non-hydrogen) atoms. The Morgan fingerprint density at radius 2 is 2.28 bits per heavy atom. The van der Waals surface area contributed by atoms with E-state index in [0.29, 0.717) is 13.0 Å². The van der Waals surface area contributed by atoms with Crippen molar-refractivity contribution in [3.63, 3.8) is 0 Å². The van der Waals surface area contributed by atoms with Gasteiger partial charge in [0.2, 0.25) is 0 Å². The average molecular weight is 342 g/mol. The van der Waals surface area contributed by atoms with Gasteiger partial charge in [-0.2, -0.15) is 0 Å². The molecule has 2 aromatic rings. The number of nitrogens with zero attached hydrogens (tertiary/aromatic N) is 2. The van der Waals surface area contributed by atoms with E-state index in [2.05, 4.69) is 21.4 Å². The van der Waals surface area contributed by atoms with Crippen molar-refractivity contribution in [2.24, 2.45) is 5.92 Å². The minimum atomic E-state index is -0.230. The summed E-state index contributed by atoms with van der Waals surface area (Å²) in [6.07, 6.45) is 6.23. The average Bonchev–Trinajstić information content (AvgIpc) is 3.05. The van der Waals surface area contributed by atoms with Crippen LogP contribution in [-0.4, -0.2) is 33.8 Å². The Balaban J connectivity index is 1.63. The molecule has 6 nitrogen and oxygen atoms in total. The first-order valence-corrected chi connectivity index (χ1v) is 8.98. The van der Waals surface area contributed by atoms with Crippen LogP contribution in [0.1, 0.15) is 32.0 Å². The molecule has 0 bridgehead atoms. The van der Waals surface area contributed by atoms with Crippen LogP contribution in [0.5, 0.6) is 0 Å². The number of hydrogen-bond acceptors (Lipinski definition) is 3. The molecule has 0 aliphatic carbocycles. The van der Waals surface area contributed by atoms with Gasteiger partial charge in [0, 0.05) is 43.6 Å². The number of urea groups is 1. The van der Waals surface area contributed by atoms with Crippen LogP contribution in [-0.2, 0) is 13.0 Å². The summed E-state index contributed by atoms with van der Waals surface area (Å²) in [6.45, 7) is 3.72. The number of rotatable bonds is 6. The van der Waals surface area contributed by atoms with Crippen molar-refractivity contribution in [2.45, 2.75) is 39.2 Å². The van der Waals surface area contributed by atoms with Crippen molar-refractivity contribution < 1.29 is 9.90 Å². The van der Waals surface area contributed by atoms with E-state index < -0.39 is 0 Å². The fourth-order valence-electron chi connectivity index (χ4n) is 3.07. The van der Waals surface area contributed by atoms with Gasteiger partial charge in [0.25, 0.3) is 0 Å². The Hall–Kier alpha value is -2.34. The first-order chi connectivity index (χ1) is 12.2. The van der Waals surface area contributed by atoms with Crippen LogP contribution in [0.25, 0.3) is 11.3 Å². The molecule has 1 aromatic heterocycles. The summed E-state index contributed by atoms with van der Waals surface area (Å²) >= 11 is 0. The smallest absolute Gasteiger partial charge is 0.319 e. The van der Waals surface area contributed by atoms with Crippen molar-refractivity contribution in [2.75, 3.05) is 18.5 Å². The lowest BCUT2D eigenvalue weighted by molar-refractivity contribution is 0.243. The zero-order valence-corrected chi connectivity index (χ0v) is 14.7. The fraction of sp³-hybridized carbons (Fsp3) is 0.474. The summed E-state index contributed by atoms with van der Waals surface area (Å²) in [5.74, 6) is 1.40. The van der Waals surface area contributed by atoms with Crippen LogP contribution in [0, 0.1) is 5.92 Å². The molecule has 1 atom stereocenters. The SMILES string of the molecule is C[C@H](CCO)CNC(=O)Nc1cccc(-c2cn3c(n2)CCCC3)c1. The molecule has 0 radical (unpaired) electrons. The van der Waals surface area contributed by atoms with Crippen LogP contribution in [0.2, 0.25) is 0 Å². The van der Waals surface area contributed by atoms with E-state index in [1.807, 2.05) is 31.2 Å². The second kappa shape index (κ2) is 8.16. The van der Waals surface area contributed by atoms with E-state index in [-0.39, 0.29) is 18.6 Å². The number of carbonyl (C=O) groups is 1. The van der Waals surface area contributed by atoms with E-state index in [0.717, 1.165) is 35.7 Å². The first kappa shape index (κ1) is 17.5. The number of aryl methyl sites for hydroxylation is 2. The van der Waals surface area contributed by atoms with E-state index in [4.69, 9.17) is 10.1 Å².